The van der Waals surface area contributed by atoms with Gasteiger partial charge in [0.2, 0.25) is 59.1 Å². The Morgan fingerprint density at radius 3 is 1.66 bits per heavy atom. The molecule has 2 saturated carbocycles. The number of para-hydroxylation sites is 1. The van der Waals surface area contributed by atoms with Gasteiger partial charge in [-0.2, -0.15) is 8.42 Å². The molecule has 3 unspecified atom stereocenters. The van der Waals surface area contributed by atoms with Crippen LogP contribution in [0.2, 0.25) is 0 Å². The third kappa shape index (κ3) is 32.8. The molecule has 35 heteroatoms. The predicted octanol–water partition coefficient (Wildman–Crippen LogP) is 8.37. The smallest absolute Gasteiger partial charge is 0.266 e. The highest BCUT2D eigenvalue weighted by molar-refractivity contribution is 7.85. The van der Waals surface area contributed by atoms with Crippen molar-refractivity contribution in [1.82, 2.24) is 42.5 Å². The normalized spacial score (nSPS) is 21.2. The van der Waals surface area contributed by atoms with E-state index >= 15 is 0 Å². The van der Waals surface area contributed by atoms with Crippen LogP contribution in [-0.2, 0) is 131 Å². The maximum atomic E-state index is 15.0. The fraction of sp³-hybridized carbons (Fsp3) is 0.627. The molecule has 10 amide bonds. The van der Waals surface area contributed by atoms with Crippen LogP contribution in [0.3, 0.4) is 0 Å². The number of aryl methyl sites for hydroxylation is 2. The van der Waals surface area contributed by atoms with E-state index in [1.165, 1.54) is 5.56 Å². The third-order valence-corrected chi connectivity index (χ3v) is 28.4. The van der Waals surface area contributed by atoms with Crippen LogP contribution < -0.4 is 58.5 Å². The molecule has 34 nitrogen and oxygen atoms in total. The van der Waals surface area contributed by atoms with Gasteiger partial charge in [-0.15, -0.1) is 0 Å². The molecular formula is C102H147N11O23S. The number of nitrogens with zero attached hydrogens (tertiary/aromatic N) is 1. The van der Waals surface area contributed by atoms with E-state index in [1.54, 1.807) is 31.7 Å². The molecule has 0 bridgehead atoms. The van der Waals surface area contributed by atoms with Gasteiger partial charge in [0.1, 0.15) is 30.5 Å². The minimum atomic E-state index is -4.15. The zero-order chi connectivity index (χ0) is 98.4. The first-order chi connectivity index (χ1) is 65.8. The van der Waals surface area contributed by atoms with Gasteiger partial charge in [0, 0.05) is 74.4 Å². The second-order valence-electron chi connectivity index (χ2n) is 37.9. The summed E-state index contributed by atoms with van der Waals surface area (Å²) in [5, 5.41) is 36.8. The van der Waals surface area contributed by atoms with Gasteiger partial charge in [-0.1, -0.05) is 134 Å². The molecule has 1 heterocycles. The Morgan fingerprint density at radius 2 is 1.04 bits per heavy atom. The minimum absolute atomic E-state index is 0.00791. The van der Waals surface area contributed by atoms with E-state index in [1.807, 2.05) is 92.7 Å². The largest absolute Gasteiger partial charge is 0.508 e. The van der Waals surface area contributed by atoms with Crippen LogP contribution in [0.4, 0.5) is 11.4 Å². The average Bonchev–Trinajstić information content (AvgIpc) is 0.711. The molecule has 13 N–H and O–H groups in total. The molecule has 1 aliphatic heterocycles. The first-order valence-electron chi connectivity index (χ1n) is 49.0. The molecule has 137 heavy (non-hydrogen) atoms. The van der Waals surface area contributed by atoms with Gasteiger partial charge in [0.25, 0.3) is 10.1 Å². The Morgan fingerprint density at radius 1 is 0.504 bits per heavy atom. The topological polar surface area (TPSA) is 466 Å². The second kappa shape index (κ2) is 54.6. The molecule has 754 valence electrons. The Balaban J connectivity index is 0.644. The van der Waals surface area contributed by atoms with Gasteiger partial charge >= 0.3 is 0 Å². The highest BCUT2D eigenvalue weighted by Crippen LogP contribution is 2.60. The van der Waals surface area contributed by atoms with Crippen molar-refractivity contribution < 1.29 is 109 Å². The first kappa shape index (κ1) is 109. The molecule has 4 aromatic carbocycles. The number of phenols is 1. The van der Waals surface area contributed by atoms with E-state index in [-0.39, 0.29) is 170 Å². The van der Waals surface area contributed by atoms with Crippen molar-refractivity contribution >= 4 is 80.6 Å². The van der Waals surface area contributed by atoms with Crippen molar-refractivity contribution in [3.63, 3.8) is 0 Å². The Labute approximate surface area is 806 Å². The number of hydrogen-bond donors (Lipinski definition) is 12. The SMILES string of the molecule is CC(C)C(NC(=O)[C@@H](CCCCCNC(=O)COC1CCCCCC(NCCOCCOCCOCCOCCC(=O)NCCS(=O)(=O)O)=C1N)NC(=O)CCOCCOCCOCCOCCNC(=O)CCC(=O)N1Cc2ccccc2C#Cc2ccccc21)C(=O)N[C@@H](C)C(=O)Nc1ccc2c(c1)[C@@]1(C)CCC[C@](C)(C(=O)NC(=O)[C@@]3(C)CCC[C@]4(C)c5cc(O)ccc5CC[C@@H]34)C1CC2. The number of nitrogens with two attached hydrogens (primary N) is 1. The van der Waals surface area contributed by atoms with Crippen LogP contribution in [0.5, 0.6) is 5.75 Å². The van der Waals surface area contributed by atoms with Crippen LogP contribution in [-0.4, -0.2) is 246 Å². The van der Waals surface area contributed by atoms with Crippen molar-refractivity contribution in [3.8, 4) is 17.6 Å². The number of aromatic hydroxyl groups is 1. The number of carbonyl (C=O) groups is 10. The number of anilines is 2. The summed E-state index contributed by atoms with van der Waals surface area (Å²) in [5.41, 5.74) is 13.8. The number of fused-ring (bicyclic) bond motifs is 8. The minimum Gasteiger partial charge on any atom is -0.508 e. The van der Waals surface area contributed by atoms with Gasteiger partial charge in [-0.3, -0.25) is 57.8 Å². The van der Waals surface area contributed by atoms with Gasteiger partial charge in [0.15, 0.2) is 0 Å². The van der Waals surface area contributed by atoms with E-state index in [0.29, 0.717) is 128 Å². The van der Waals surface area contributed by atoms with Crippen molar-refractivity contribution in [2.45, 2.75) is 238 Å². The summed E-state index contributed by atoms with van der Waals surface area (Å²) >= 11 is 0. The lowest BCUT2D eigenvalue weighted by molar-refractivity contribution is -0.150. The van der Waals surface area contributed by atoms with E-state index in [4.69, 9.17) is 52.9 Å². The van der Waals surface area contributed by atoms with E-state index in [2.05, 4.69) is 73.5 Å². The third-order valence-electron chi connectivity index (χ3n) is 27.6. The lowest BCUT2D eigenvalue weighted by Gasteiger charge is -2.56. The van der Waals surface area contributed by atoms with Crippen LogP contribution in [0.25, 0.3) is 0 Å². The zero-order valence-corrected chi connectivity index (χ0v) is 81.9. The molecular weight excluding hydrogens is 1780 g/mol. The summed E-state index contributed by atoms with van der Waals surface area (Å²) in [6.45, 7) is 18.7. The Bertz CT molecular complexity index is 4930. The summed E-state index contributed by atoms with van der Waals surface area (Å²) in [5.74, 6) is 1.57. The molecule has 5 aliphatic carbocycles. The van der Waals surface area contributed by atoms with E-state index in [9.17, 15) is 61.5 Å². The number of unbranched alkanes of at least 4 members (excludes halogenated alkanes) is 2. The number of carbonyl (C=O) groups excluding carboxylic acids is 10. The predicted molar refractivity (Wildman–Crippen MR) is 516 cm³/mol. The summed E-state index contributed by atoms with van der Waals surface area (Å²) < 4.78 is 81.4. The Kier molecular flexibility index (Phi) is 43.4. The Hall–Kier alpha value is -9.97. The quantitative estimate of drug-likeness (QED) is 0.00854. The standard InChI is InChI=1S/C102H147N11O23S/c1-70(2)93(96(122)108-71(3)94(120)109-77-33-29-73-31-35-85-99(4,79(73)66-77)41-18-43-101(85,6)97(123)112-98(124)102(7)44-19-42-100(5)80-67-78(114)34-30-74(80)32-36-86(100)102)111-95(121)82(110-89(117)40-50-129-54-58-133-62-64-135-60-56-131-52-47-106-87(115)37-38-91(119)113-68-76-22-14-13-20-72(76)27-28-75-21-15-16-25-83(75)113)24-11-9-17-45-105-90(118)69-136-84-26-12-8-10-23-81(92(84)103)104-46-51-130-55-59-134-63-61-132-57-53-128-49-39-88(116)107-48-65-137(125,126)127/h13-16,20-22,25,29-30,33-34,66-67,70-71,82,84-86,93,104,114H,8-12,17-19,23-24,26,31-32,35-65,68-69,103H2,1-7H3,(H,105,118)(H,106,115)(H,107,116)(H,108,122)(H,109,120)(H,110,117)(H,111,121)(H,112,123,124)(H,125,126,127)/t71-,82+,84?,85?,86+,93?,99+,100+,101-,102-/m0/s1. The lowest BCUT2D eigenvalue weighted by atomic mass is 9.49. The molecule has 4 aromatic rings. The fourth-order valence-electron chi connectivity index (χ4n) is 20.1. The molecule has 0 saturated heterocycles. The fourth-order valence-corrected chi connectivity index (χ4v) is 20.4. The summed E-state index contributed by atoms with van der Waals surface area (Å²) in [7, 11) is -4.15. The van der Waals surface area contributed by atoms with Crippen LogP contribution in [0.15, 0.2) is 96.3 Å². The number of imide groups is 1. The van der Waals surface area contributed by atoms with Crippen molar-refractivity contribution in [2.75, 3.05) is 154 Å². The van der Waals surface area contributed by atoms with E-state index in [0.717, 1.165) is 103 Å². The zero-order valence-electron chi connectivity index (χ0n) is 81.1. The lowest BCUT2D eigenvalue weighted by Crippen LogP contribution is -2.60. The van der Waals surface area contributed by atoms with Crippen LogP contribution in [0, 0.1) is 40.4 Å². The number of amides is 10. The van der Waals surface area contributed by atoms with Crippen LogP contribution in [0.1, 0.15) is 222 Å². The van der Waals surface area contributed by atoms with Crippen LogP contribution >= 0.6 is 0 Å². The summed E-state index contributed by atoms with van der Waals surface area (Å²) in [4.78, 5) is 140. The molecule has 0 spiro atoms. The molecule has 0 aromatic heterocycles. The number of allylic oxidation sites excluding steroid dienone is 1. The van der Waals surface area contributed by atoms with Gasteiger partial charge in [0.05, 0.1) is 146 Å². The first-order valence-corrected chi connectivity index (χ1v) is 50.6. The molecule has 6 aliphatic rings. The number of rotatable bonds is 56. The average molecular weight is 1930 g/mol. The van der Waals surface area contributed by atoms with Gasteiger partial charge < -0.3 is 101 Å². The second-order valence-corrected chi connectivity index (χ2v) is 39.4. The summed E-state index contributed by atoms with van der Waals surface area (Å²) in [6.07, 6.45) is 12.8. The number of nitrogens with one attached hydrogen (secondary N) is 9. The van der Waals surface area contributed by atoms with Crippen molar-refractivity contribution in [2.24, 2.45) is 34.3 Å². The summed E-state index contributed by atoms with van der Waals surface area (Å²) in [6, 6.07) is 23.3. The maximum absolute atomic E-state index is 15.0. The number of benzene rings is 4. The molecule has 10 rings (SSSR count). The van der Waals surface area contributed by atoms with Gasteiger partial charge in [-0.05, 0) is 189 Å². The van der Waals surface area contributed by atoms with Crippen molar-refractivity contribution in [3.05, 3.63) is 135 Å². The number of ether oxygens (including phenoxy) is 9. The number of hydrogen-bond acceptors (Lipinski definition) is 24. The number of phenolic OH excluding ortho intramolecular Hbond substituents is 1. The van der Waals surface area contributed by atoms with Gasteiger partial charge in [-0.25, -0.2) is 0 Å². The molecule has 10 atom stereocenters. The van der Waals surface area contributed by atoms with E-state index < -0.39 is 91.8 Å². The highest BCUT2D eigenvalue weighted by atomic mass is 32.2. The molecule has 0 radical (unpaired) electrons. The monoisotopic (exact) mass is 1930 g/mol. The maximum Gasteiger partial charge on any atom is 0.266 e. The van der Waals surface area contributed by atoms with Crippen molar-refractivity contribution in [1.29, 1.82) is 0 Å². The molecule has 2 fully saturated rings. The highest BCUT2D eigenvalue weighted by Gasteiger charge is 2.59.